The summed E-state index contributed by atoms with van der Waals surface area (Å²) in [4.78, 5) is 11.6. The molecule has 1 heterocycles. The Hall–Kier alpha value is -0.570. The molecule has 0 aliphatic rings. The zero-order chi connectivity index (χ0) is 9.14. The first kappa shape index (κ1) is 9.52. The molecule has 0 fully saturated rings. The minimum Gasteiger partial charge on any atom is -0.313 e. The predicted octanol–water partition coefficient (Wildman–Crippen LogP) is 2.32. The largest absolute Gasteiger partial charge is 0.313 e. The van der Waals surface area contributed by atoms with Crippen molar-refractivity contribution in [2.45, 2.75) is 25.2 Å². The Bertz CT molecular complexity index is 317. The van der Waals surface area contributed by atoms with E-state index in [1.165, 1.54) is 0 Å². The third kappa shape index (κ3) is 1.78. The van der Waals surface area contributed by atoms with Gasteiger partial charge in [0.25, 0.3) is 5.56 Å². The number of rotatable bonds is 2. The van der Waals surface area contributed by atoms with Gasteiger partial charge in [-0.15, -0.1) is 0 Å². The highest BCUT2D eigenvalue weighted by molar-refractivity contribution is 9.08. The van der Waals surface area contributed by atoms with Crippen LogP contribution in [-0.2, 0) is 5.33 Å². The monoisotopic (exact) mass is 229 g/mol. The lowest BCUT2D eigenvalue weighted by atomic mass is 10.3. The van der Waals surface area contributed by atoms with Crippen LogP contribution in [0.2, 0.25) is 0 Å². The van der Waals surface area contributed by atoms with E-state index in [1.807, 2.05) is 32.2 Å². The Labute approximate surface area is 80.3 Å². The molecule has 66 valence electrons. The molecule has 12 heavy (non-hydrogen) atoms. The average Bonchev–Trinajstić information content (AvgIpc) is 2.04. The molecule has 0 bridgehead atoms. The summed E-state index contributed by atoms with van der Waals surface area (Å²) in [7, 11) is 0. The van der Waals surface area contributed by atoms with Crippen molar-refractivity contribution in [1.82, 2.24) is 4.57 Å². The molecule has 0 atom stereocenters. The van der Waals surface area contributed by atoms with Crippen molar-refractivity contribution in [3.63, 3.8) is 0 Å². The Balaban J connectivity index is 3.24. The summed E-state index contributed by atoms with van der Waals surface area (Å²) in [5.41, 5.74) is 0.913. The summed E-state index contributed by atoms with van der Waals surface area (Å²) in [6.45, 7) is 4.00. The van der Waals surface area contributed by atoms with Gasteiger partial charge in [-0.25, -0.2) is 0 Å². The highest BCUT2D eigenvalue weighted by atomic mass is 79.9. The molecule has 0 amide bonds. The summed E-state index contributed by atoms with van der Waals surface area (Å²) < 4.78 is 1.73. The van der Waals surface area contributed by atoms with Gasteiger partial charge < -0.3 is 4.57 Å². The van der Waals surface area contributed by atoms with E-state index in [0.29, 0.717) is 5.33 Å². The van der Waals surface area contributed by atoms with Crippen LogP contribution in [0.5, 0.6) is 0 Å². The van der Waals surface area contributed by atoms with Gasteiger partial charge in [-0.2, -0.15) is 0 Å². The number of alkyl halides is 1. The quantitative estimate of drug-likeness (QED) is 0.714. The van der Waals surface area contributed by atoms with E-state index in [2.05, 4.69) is 15.9 Å². The molecule has 1 aromatic heterocycles. The Morgan fingerprint density at radius 3 is 2.75 bits per heavy atom. The van der Waals surface area contributed by atoms with Crippen molar-refractivity contribution >= 4 is 15.9 Å². The van der Waals surface area contributed by atoms with Gasteiger partial charge in [-0.1, -0.05) is 22.0 Å². The van der Waals surface area contributed by atoms with Crippen molar-refractivity contribution in [2.24, 2.45) is 0 Å². The molecule has 0 unspecified atom stereocenters. The molecular weight excluding hydrogens is 218 g/mol. The molecule has 0 aromatic carbocycles. The lowest BCUT2D eigenvalue weighted by molar-refractivity contribution is 0.575. The highest BCUT2D eigenvalue weighted by Gasteiger charge is 2.03. The summed E-state index contributed by atoms with van der Waals surface area (Å²) in [5, 5.41) is 0.624. The molecular formula is C9H12BrNO. The molecule has 0 aliphatic heterocycles. The van der Waals surface area contributed by atoms with Crippen LogP contribution in [0.1, 0.15) is 25.5 Å². The van der Waals surface area contributed by atoms with Gasteiger partial charge in [0.1, 0.15) is 0 Å². The second-order valence-corrected chi connectivity index (χ2v) is 3.53. The minimum absolute atomic E-state index is 0.101. The van der Waals surface area contributed by atoms with E-state index in [9.17, 15) is 4.79 Å². The fraction of sp³-hybridized carbons (Fsp3) is 0.444. The van der Waals surface area contributed by atoms with Crippen molar-refractivity contribution in [2.75, 3.05) is 0 Å². The molecule has 0 N–H and O–H groups in total. The summed E-state index contributed by atoms with van der Waals surface area (Å²) in [5.74, 6) is 0. The van der Waals surface area contributed by atoms with E-state index in [1.54, 1.807) is 4.57 Å². The topological polar surface area (TPSA) is 22.0 Å². The van der Waals surface area contributed by atoms with E-state index < -0.39 is 0 Å². The van der Waals surface area contributed by atoms with Crippen LogP contribution >= 0.6 is 15.9 Å². The molecule has 3 heteroatoms. The van der Waals surface area contributed by atoms with Gasteiger partial charge in [-0.3, -0.25) is 4.79 Å². The van der Waals surface area contributed by atoms with E-state index in [-0.39, 0.29) is 11.6 Å². The number of hydrogen-bond acceptors (Lipinski definition) is 1. The third-order valence-corrected chi connectivity index (χ3v) is 2.36. The lowest BCUT2D eigenvalue weighted by Gasteiger charge is -2.09. The summed E-state index contributed by atoms with van der Waals surface area (Å²) in [6, 6.07) is 3.98. The van der Waals surface area contributed by atoms with E-state index >= 15 is 0 Å². The van der Waals surface area contributed by atoms with Gasteiger partial charge >= 0.3 is 0 Å². The molecule has 1 aromatic rings. The maximum Gasteiger partial charge on any atom is 0.254 e. The van der Waals surface area contributed by atoms with Crippen LogP contribution in [0, 0.1) is 0 Å². The number of hydrogen-bond donors (Lipinski definition) is 0. The van der Waals surface area contributed by atoms with Gasteiger partial charge in [0.15, 0.2) is 0 Å². The Kier molecular flexibility index (Phi) is 3.09. The smallest absolute Gasteiger partial charge is 0.254 e. The van der Waals surface area contributed by atoms with Crippen molar-refractivity contribution < 1.29 is 0 Å². The SMILES string of the molecule is CC(C)n1cccc(CBr)c1=O. The summed E-state index contributed by atoms with van der Waals surface area (Å²) >= 11 is 3.28. The first-order valence-electron chi connectivity index (χ1n) is 3.92. The number of nitrogens with zero attached hydrogens (tertiary/aromatic N) is 1. The molecule has 1 rings (SSSR count). The number of halogens is 1. The molecule has 2 nitrogen and oxygen atoms in total. The molecule has 0 saturated carbocycles. The van der Waals surface area contributed by atoms with Gasteiger partial charge in [0, 0.05) is 23.1 Å². The van der Waals surface area contributed by atoms with E-state index in [0.717, 1.165) is 5.56 Å². The highest BCUT2D eigenvalue weighted by Crippen LogP contribution is 2.03. The third-order valence-electron chi connectivity index (χ3n) is 1.75. The number of pyridine rings is 1. The van der Waals surface area contributed by atoms with Crippen LogP contribution < -0.4 is 5.56 Å². The zero-order valence-corrected chi connectivity index (χ0v) is 8.84. The Morgan fingerprint density at radius 1 is 1.58 bits per heavy atom. The number of aromatic nitrogens is 1. The second-order valence-electron chi connectivity index (χ2n) is 2.97. The van der Waals surface area contributed by atoms with Crippen LogP contribution in [0.25, 0.3) is 0 Å². The predicted molar refractivity (Wildman–Crippen MR) is 53.7 cm³/mol. The van der Waals surface area contributed by atoms with Crippen LogP contribution in [0.3, 0.4) is 0 Å². The second kappa shape index (κ2) is 3.90. The van der Waals surface area contributed by atoms with Crippen LogP contribution in [0.4, 0.5) is 0 Å². The van der Waals surface area contributed by atoms with Crippen molar-refractivity contribution in [3.8, 4) is 0 Å². The zero-order valence-electron chi connectivity index (χ0n) is 7.25. The normalized spacial score (nSPS) is 10.7. The van der Waals surface area contributed by atoms with Gasteiger partial charge in [0.05, 0.1) is 0 Å². The fourth-order valence-corrected chi connectivity index (χ4v) is 1.49. The van der Waals surface area contributed by atoms with Crippen molar-refractivity contribution in [3.05, 3.63) is 34.2 Å². The lowest BCUT2D eigenvalue weighted by Crippen LogP contribution is -2.23. The van der Waals surface area contributed by atoms with Gasteiger partial charge in [-0.05, 0) is 19.9 Å². The molecule has 0 spiro atoms. The van der Waals surface area contributed by atoms with Gasteiger partial charge in [0.2, 0.25) is 0 Å². The maximum atomic E-state index is 11.6. The van der Waals surface area contributed by atoms with Crippen LogP contribution in [-0.4, -0.2) is 4.57 Å². The standard InChI is InChI=1S/C9H12BrNO/c1-7(2)11-5-3-4-8(6-10)9(11)12/h3-5,7H,6H2,1-2H3. The minimum atomic E-state index is 0.101. The molecule has 0 aliphatic carbocycles. The van der Waals surface area contributed by atoms with Crippen molar-refractivity contribution in [1.29, 1.82) is 0 Å². The first-order chi connectivity index (χ1) is 5.66. The fourth-order valence-electron chi connectivity index (χ4n) is 1.07. The summed E-state index contributed by atoms with van der Waals surface area (Å²) in [6.07, 6.45) is 1.82. The first-order valence-corrected chi connectivity index (χ1v) is 5.05. The van der Waals surface area contributed by atoms with Crippen LogP contribution in [0.15, 0.2) is 23.1 Å². The average molecular weight is 230 g/mol. The molecule has 0 saturated heterocycles. The Morgan fingerprint density at radius 2 is 2.25 bits per heavy atom. The van der Waals surface area contributed by atoms with E-state index in [4.69, 9.17) is 0 Å². The molecule has 0 radical (unpaired) electrons. The maximum absolute atomic E-state index is 11.6.